The molecule has 264 valence electrons. The number of alkyl halides is 2. The van der Waals surface area contributed by atoms with Crippen LogP contribution in [0.1, 0.15) is 117 Å². The van der Waals surface area contributed by atoms with Crippen LogP contribution in [0.2, 0.25) is 0 Å². The van der Waals surface area contributed by atoms with Gasteiger partial charge in [-0.3, -0.25) is 0 Å². The second kappa shape index (κ2) is 18.1. The Kier molecular flexibility index (Phi) is 14.9. The summed E-state index contributed by atoms with van der Waals surface area (Å²) < 4.78 is 46.5. The van der Waals surface area contributed by atoms with E-state index in [0.717, 1.165) is 24.3 Å². The van der Waals surface area contributed by atoms with E-state index in [9.17, 15) is 14.7 Å². The monoisotopic (exact) mass is 660 g/mol. The molecular formula is C39H58F2O6. The summed E-state index contributed by atoms with van der Waals surface area (Å²) in [5, 5.41) is 10.0. The van der Waals surface area contributed by atoms with Crippen LogP contribution in [-0.2, 0) is 25.5 Å². The molecular weight excluding hydrogens is 602 g/mol. The third-order valence-corrected chi connectivity index (χ3v) is 10.3. The van der Waals surface area contributed by atoms with E-state index >= 15 is 8.78 Å². The number of hydrogen-bond acceptors (Lipinski definition) is 6. The van der Waals surface area contributed by atoms with Crippen LogP contribution >= 0.6 is 0 Å². The van der Waals surface area contributed by atoms with Crippen molar-refractivity contribution in [2.75, 3.05) is 13.2 Å². The maximum absolute atomic E-state index is 15.3. The van der Waals surface area contributed by atoms with Crippen LogP contribution in [0.3, 0.4) is 0 Å². The van der Waals surface area contributed by atoms with Crippen molar-refractivity contribution < 1.29 is 37.7 Å². The van der Waals surface area contributed by atoms with Gasteiger partial charge in [-0.05, 0) is 108 Å². The molecule has 2 saturated carbocycles. The van der Waals surface area contributed by atoms with E-state index in [-0.39, 0.29) is 36.0 Å². The summed E-state index contributed by atoms with van der Waals surface area (Å²) in [6.45, 7) is 13.8. The van der Waals surface area contributed by atoms with Gasteiger partial charge >= 0.3 is 18.0 Å². The second-order valence-electron chi connectivity index (χ2n) is 14.6. The van der Waals surface area contributed by atoms with Gasteiger partial charge in [0.25, 0.3) is 0 Å². The summed E-state index contributed by atoms with van der Waals surface area (Å²) in [6.07, 6.45) is 10.9. The molecule has 1 aromatic carbocycles. The molecule has 0 saturated heterocycles. The van der Waals surface area contributed by atoms with E-state index < -0.39 is 29.6 Å². The summed E-state index contributed by atoms with van der Waals surface area (Å²) in [5.41, 5.74) is -0.367. The highest BCUT2D eigenvalue weighted by molar-refractivity contribution is 5.89. The predicted molar refractivity (Wildman–Crippen MR) is 181 cm³/mol. The van der Waals surface area contributed by atoms with E-state index in [4.69, 9.17) is 14.2 Å². The van der Waals surface area contributed by atoms with Gasteiger partial charge in [-0.25, -0.2) is 9.59 Å². The molecule has 47 heavy (non-hydrogen) atoms. The number of aliphatic hydroxyl groups is 1. The zero-order valence-electron chi connectivity index (χ0n) is 29.2. The molecule has 0 spiro atoms. The highest BCUT2D eigenvalue weighted by Crippen LogP contribution is 2.46. The van der Waals surface area contributed by atoms with E-state index in [2.05, 4.69) is 20.1 Å². The quantitative estimate of drug-likeness (QED) is 0.0960. The van der Waals surface area contributed by atoms with Crippen LogP contribution in [0.5, 0.6) is 5.75 Å². The minimum absolute atomic E-state index is 0.00391. The maximum Gasteiger partial charge on any atom is 0.400 e. The van der Waals surface area contributed by atoms with Crippen LogP contribution in [0.15, 0.2) is 48.6 Å². The Morgan fingerprint density at radius 3 is 1.98 bits per heavy atom. The summed E-state index contributed by atoms with van der Waals surface area (Å²) in [5.74, 6) is -0.138. The number of carbonyl (C=O) groups excluding carboxylic acids is 2. The van der Waals surface area contributed by atoms with Crippen molar-refractivity contribution >= 4 is 11.9 Å². The van der Waals surface area contributed by atoms with Gasteiger partial charge < -0.3 is 19.3 Å². The van der Waals surface area contributed by atoms with Crippen molar-refractivity contribution in [2.24, 2.45) is 29.6 Å². The molecule has 1 N–H and O–H groups in total. The minimum Gasteiger partial charge on any atom is -0.462 e. The SMILES string of the molecule is C=C(C)C(=O)OCC(CCc1ccc(OC(F)(F)C2CCC(C3CCC(CCCCC)CC3)CC2)cc1)COC(=O)C(=C)C(C)(C)O. The molecule has 2 fully saturated rings. The van der Waals surface area contributed by atoms with Crippen molar-refractivity contribution in [2.45, 2.75) is 129 Å². The lowest BCUT2D eigenvalue weighted by Crippen LogP contribution is -2.38. The maximum atomic E-state index is 15.3. The molecule has 3 rings (SSSR count). The lowest BCUT2D eigenvalue weighted by atomic mass is 9.68. The van der Waals surface area contributed by atoms with Crippen molar-refractivity contribution in [3.05, 3.63) is 54.1 Å². The van der Waals surface area contributed by atoms with Crippen LogP contribution in [0.4, 0.5) is 8.78 Å². The zero-order valence-corrected chi connectivity index (χ0v) is 29.2. The lowest BCUT2D eigenvalue weighted by molar-refractivity contribution is -0.224. The molecule has 1 unspecified atom stereocenters. The third-order valence-electron chi connectivity index (χ3n) is 10.3. The first-order chi connectivity index (χ1) is 22.2. The molecule has 2 aliphatic rings. The number of aryl methyl sites for hydroxylation is 1. The fourth-order valence-electron chi connectivity index (χ4n) is 6.96. The smallest absolute Gasteiger partial charge is 0.400 e. The molecule has 1 aromatic rings. The average Bonchev–Trinajstić information content (AvgIpc) is 3.04. The van der Waals surface area contributed by atoms with Gasteiger partial charge in [0.05, 0.1) is 30.3 Å². The van der Waals surface area contributed by atoms with Gasteiger partial charge in [0.1, 0.15) is 5.75 Å². The van der Waals surface area contributed by atoms with Crippen LogP contribution < -0.4 is 4.74 Å². The normalized spacial score (nSPS) is 22.6. The number of ether oxygens (including phenoxy) is 3. The van der Waals surface area contributed by atoms with E-state index in [1.807, 2.05) is 0 Å². The fourth-order valence-corrected chi connectivity index (χ4v) is 6.96. The molecule has 0 radical (unpaired) electrons. The summed E-state index contributed by atoms with van der Waals surface area (Å²) >= 11 is 0. The Balaban J connectivity index is 1.47. The van der Waals surface area contributed by atoms with Crippen molar-refractivity contribution in [1.29, 1.82) is 0 Å². The molecule has 0 heterocycles. The van der Waals surface area contributed by atoms with Crippen molar-refractivity contribution in [3.8, 4) is 5.75 Å². The Labute approximate surface area is 281 Å². The molecule has 1 atom stereocenters. The predicted octanol–water partition coefficient (Wildman–Crippen LogP) is 9.39. The molecule has 0 aromatic heterocycles. The number of unbranched alkanes of at least 4 members (excludes halogenated alkanes) is 2. The van der Waals surface area contributed by atoms with Crippen molar-refractivity contribution in [3.63, 3.8) is 0 Å². The van der Waals surface area contributed by atoms with E-state index in [0.29, 0.717) is 37.5 Å². The van der Waals surface area contributed by atoms with Gasteiger partial charge in [-0.15, -0.1) is 0 Å². The zero-order chi connectivity index (χ0) is 34.6. The second-order valence-corrected chi connectivity index (χ2v) is 14.6. The number of benzene rings is 1. The molecule has 6 nitrogen and oxygen atoms in total. The van der Waals surface area contributed by atoms with E-state index in [1.54, 1.807) is 31.2 Å². The van der Waals surface area contributed by atoms with Crippen LogP contribution in [0.25, 0.3) is 0 Å². The average molecular weight is 661 g/mol. The molecule has 0 amide bonds. The van der Waals surface area contributed by atoms with Crippen LogP contribution in [0, 0.1) is 29.6 Å². The highest BCUT2D eigenvalue weighted by atomic mass is 19.3. The Hall–Kier alpha value is -2.74. The number of halogens is 2. The topological polar surface area (TPSA) is 82.1 Å². The lowest BCUT2D eigenvalue weighted by Gasteiger charge is -2.39. The third kappa shape index (κ3) is 12.7. The van der Waals surface area contributed by atoms with E-state index in [1.165, 1.54) is 65.2 Å². The summed E-state index contributed by atoms with van der Waals surface area (Å²) in [7, 11) is 0. The van der Waals surface area contributed by atoms with Gasteiger partial charge in [-0.2, -0.15) is 8.78 Å². The van der Waals surface area contributed by atoms with Gasteiger partial charge in [0.15, 0.2) is 0 Å². The molecule has 0 aliphatic heterocycles. The number of rotatable bonds is 18. The fraction of sp³-hybridized carbons (Fsp3) is 0.692. The largest absolute Gasteiger partial charge is 0.462 e. The van der Waals surface area contributed by atoms with Gasteiger partial charge in [0, 0.05) is 11.5 Å². The molecule has 0 bridgehead atoms. The first kappa shape index (κ1) is 38.7. The Bertz CT molecular complexity index is 1150. The minimum atomic E-state index is -3.22. The molecule has 8 heteroatoms. The van der Waals surface area contributed by atoms with Gasteiger partial charge in [0.2, 0.25) is 0 Å². The van der Waals surface area contributed by atoms with Crippen LogP contribution in [-0.4, -0.2) is 42.0 Å². The standard InChI is InChI=1S/C39H58F2O6/c1-7-8-9-10-29-13-17-32(18-14-29)33-19-21-34(22-20-33)39(40,41)47-35-23-15-30(16-24-35)11-12-31(25-45-36(42)27(2)3)26-46-37(43)28(4)38(5,6)44/h15-16,23-24,29,31-34,44H,2,4,7-14,17-22,25-26H2,1,3,5-6H3. The highest BCUT2D eigenvalue weighted by Gasteiger charge is 2.45. The number of hydrogen-bond donors (Lipinski definition) is 1. The number of esters is 2. The first-order valence-electron chi connectivity index (χ1n) is 17.8. The summed E-state index contributed by atoms with van der Waals surface area (Å²) in [6, 6.07) is 6.63. The number of carbonyl (C=O) groups is 2. The molecule has 2 aliphatic carbocycles. The Morgan fingerprint density at radius 1 is 0.894 bits per heavy atom. The van der Waals surface area contributed by atoms with Crippen molar-refractivity contribution in [1.82, 2.24) is 0 Å². The summed E-state index contributed by atoms with van der Waals surface area (Å²) in [4.78, 5) is 24.3. The Morgan fingerprint density at radius 2 is 1.45 bits per heavy atom. The van der Waals surface area contributed by atoms with Gasteiger partial charge in [-0.1, -0.05) is 70.7 Å². The first-order valence-corrected chi connectivity index (χ1v) is 17.8.